The monoisotopic (exact) mass is 461 g/mol. The number of rotatable bonds is 5. The van der Waals surface area contributed by atoms with Crippen molar-refractivity contribution in [1.29, 1.82) is 0 Å². The van der Waals surface area contributed by atoms with Gasteiger partial charge in [-0.3, -0.25) is 9.69 Å². The minimum Gasteiger partial charge on any atom is -0.356 e. The first-order chi connectivity index (χ1) is 15.5. The fourth-order valence-electron chi connectivity index (χ4n) is 5.06. The molecule has 0 saturated carbocycles. The van der Waals surface area contributed by atoms with E-state index in [4.69, 9.17) is 4.52 Å². The van der Waals surface area contributed by atoms with Crippen LogP contribution in [0.1, 0.15) is 31.4 Å². The number of hydrogen-bond acceptors (Lipinski definition) is 6. The lowest BCUT2D eigenvalue weighted by Gasteiger charge is -2.38. The van der Waals surface area contributed by atoms with Crippen molar-refractivity contribution in [3.05, 3.63) is 30.0 Å². The number of fused-ring (bicyclic) bond motifs is 1. The molecule has 4 heterocycles. The van der Waals surface area contributed by atoms with E-state index in [1.807, 2.05) is 29.2 Å². The zero-order valence-electron chi connectivity index (χ0n) is 18.4. The number of nitrogens with zero attached hydrogens (tertiary/aromatic N) is 5. The van der Waals surface area contributed by atoms with E-state index in [9.17, 15) is 13.2 Å². The first-order valence-electron chi connectivity index (χ1n) is 11.6. The first kappa shape index (κ1) is 21.8. The van der Waals surface area contributed by atoms with E-state index in [2.05, 4.69) is 10.1 Å². The zero-order valence-corrected chi connectivity index (χ0v) is 19.2. The van der Waals surface area contributed by atoms with Gasteiger partial charge < -0.3 is 9.42 Å². The van der Waals surface area contributed by atoms with Gasteiger partial charge in [-0.25, -0.2) is 0 Å². The van der Waals surface area contributed by atoms with Crippen LogP contribution < -0.4 is 0 Å². The van der Waals surface area contributed by atoms with Crippen LogP contribution in [0.3, 0.4) is 0 Å². The largest absolute Gasteiger partial charge is 0.356 e. The lowest BCUT2D eigenvalue weighted by Crippen LogP contribution is -2.52. The summed E-state index contributed by atoms with van der Waals surface area (Å²) >= 11 is 0. The summed E-state index contributed by atoms with van der Waals surface area (Å²) in [4.78, 5) is 17.3. The normalized spacial score (nSPS) is 22.7. The van der Waals surface area contributed by atoms with Crippen LogP contribution in [0.2, 0.25) is 0 Å². The molecule has 10 heteroatoms. The maximum absolute atomic E-state index is 13.1. The third-order valence-electron chi connectivity index (χ3n) is 7.03. The average Bonchev–Trinajstić information content (AvgIpc) is 3.51. The van der Waals surface area contributed by atoms with Gasteiger partial charge in [-0.1, -0.05) is 17.3 Å². The lowest BCUT2D eigenvalue weighted by molar-refractivity contribution is -0.138. The molecule has 9 nitrogen and oxygen atoms in total. The van der Waals surface area contributed by atoms with E-state index >= 15 is 0 Å². The standard InChI is InChI=1S/C22H31N5O4S/c28-22(18-7-11-27(12-8-18)32(29,30)26-9-3-4-10-26)25-15-13-24(14-16-25)17-20-19-5-1-2-6-21(19)31-23-20/h1-2,5-6,18H,3-4,7-17H2. The van der Waals surface area contributed by atoms with E-state index in [1.54, 1.807) is 8.61 Å². The Morgan fingerprint density at radius 1 is 0.938 bits per heavy atom. The molecule has 1 aromatic heterocycles. The Kier molecular flexibility index (Phi) is 6.20. The number of carbonyl (C=O) groups excluding carboxylic acids is 1. The van der Waals surface area contributed by atoms with Gasteiger partial charge in [0.25, 0.3) is 10.2 Å². The van der Waals surface area contributed by atoms with E-state index < -0.39 is 10.2 Å². The van der Waals surface area contributed by atoms with Crippen molar-refractivity contribution in [2.75, 3.05) is 52.4 Å². The number of aromatic nitrogens is 1. The highest BCUT2D eigenvalue weighted by molar-refractivity contribution is 7.86. The molecule has 3 saturated heterocycles. The second kappa shape index (κ2) is 9.09. The van der Waals surface area contributed by atoms with Crippen molar-refractivity contribution in [1.82, 2.24) is 23.6 Å². The number of amides is 1. The molecule has 0 radical (unpaired) electrons. The number of para-hydroxylation sites is 1. The van der Waals surface area contributed by atoms with Crippen LogP contribution in [0.5, 0.6) is 0 Å². The second-order valence-electron chi connectivity index (χ2n) is 9.01. The van der Waals surface area contributed by atoms with Crippen LogP contribution in [-0.2, 0) is 21.5 Å². The van der Waals surface area contributed by atoms with Crippen LogP contribution in [0.25, 0.3) is 11.0 Å². The summed E-state index contributed by atoms with van der Waals surface area (Å²) in [6, 6.07) is 7.87. The molecule has 1 amide bonds. The van der Waals surface area contributed by atoms with Crippen LogP contribution in [0, 0.1) is 5.92 Å². The molecular formula is C22H31N5O4S. The predicted octanol–water partition coefficient (Wildman–Crippen LogP) is 1.52. The molecule has 1 aromatic carbocycles. The summed E-state index contributed by atoms with van der Waals surface area (Å²) in [6.07, 6.45) is 3.09. The van der Waals surface area contributed by atoms with Crippen molar-refractivity contribution in [3.63, 3.8) is 0 Å². The Bertz CT molecular complexity index is 1050. The van der Waals surface area contributed by atoms with Gasteiger partial charge in [0.2, 0.25) is 5.91 Å². The molecule has 2 aromatic rings. The minimum atomic E-state index is -3.36. The fraction of sp³-hybridized carbons (Fsp3) is 0.636. The molecule has 0 unspecified atom stereocenters. The second-order valence-corrected chi connectivity index (χ2v) is 10.9. The van der Waals surface area contributed by atoms with Gasteiger partial charge in [0.15, 0.2) is 5.58 Å². The van der Waals surface area contributed by atoms with Gasteiger partial charge in [-0.05, 0) is 37.8 Å². The van der Waals surface area contributed by atoms with Crippen LogP contribution in [0.15, 0.2) is 28.8 Å². The minimum absolute atomic E-state index is 0.0777. The highest BCUT2D eigenvalue weighted by atomic mass is 32.2. The van der Waals surface area contributed by atoms with Gasteiger partial charge in [-0.15, -0.1) is 0 Å². The molecule has 174 valence electrons. The first-order valence-corrected chi connectivity index (χ1v) is 13.0. The van der Waals surface area contributed by atoms with Crippen LogP contribution >= 0.6 is 0 Å². The topological polar surface area (TPSA) is 90.2 Å². The summed E-state index contributed by atoms with van der Waals surface area (Å²) in [5.74, 6) is 0.0980. The molecule has 5 rings (SSSR count). The van der Waals surface area contributed by atoms with E-state index in [0.717, 1.165) is 42.6 Å². The summed E-state index contributed by atoms with van der Waals surface area (Å²) < 4.78 is 34.1. The fourth-order valence-corrected chi connectivity index (χ4v) is 6.78. The van der Waals surface area contributed by atoms with Gasteiger partial charge in [0.1, 0.15) is 5.69 Å². The number of benzene rings is 1. The third kappa shape index (κ3) is 4.28. The number of piperidine rings is 1. The molecule has 32 heavy (non-hydrogen) atoms. The van der Waals surface area contributed by atoms with Crippen molar-refractivity contribution in [2.24, 2.45) is 5.92 Å². The van der Waals surface area contributed by atoms with Gasteiger partial charge in [0, 0.05) is 70.2 Å². The summed E-state index contributed by atoms with van der Waals surface area (Å²) in [6.45, 7) is 5.83. The van der Waals surface area contributed by atoms with Crippen LogP contribution in [-0.4, -0.2) is 90.2 Å². The van der Waals surface area contributed by atoms with Gasteiger partial charge >= 0.3 is 0 Å². The maximum atomic E-state index is 13.1. The molecule has 0 N–H and O–H groups in total. The van der Waals surface area contributed by atoms with Crippen molar-refractivity contribution in [2.45, 2.75) is 32.2 Å². The quantitative estimate of drug-likeness (QED) is 0.671. The third-order valence-corrected chi connectivity index (χ3v) is 9.07. The smallest absolute Gasteiger partial charge is 0.281 e. The highest BCUT2D eigenvalue weighted by Crippen LogP contribution is 2.26. The Labute approximate surface area is 189 Å². The summed E-state index contributed by atoms with van der Waals surface area (Å²) in [5, 5.41) is 5.26. The van der Waals surface area contributed by atoms with E-state index in [0.29, 0.717) is 58.7 Å². The molecular weight excluding hydrogens is 430 g/mol. The highest BCUT2D eigenvalue weighted by Gasteiger charge is 2.37. The summed E-state index contributed by atoms with van der Waals surface area (Å²) in [7, 11) is -3.36. The van der Waals surface area contributed by atoms with Crippen molar-refractivity contribution < 1.29 is 17.7 Å². The molecule has 3 aliphatic rings. The Morgan fingerprint density at radius 2 is 1.59 bits per heavy atom. The number of piperazine rings is 1. The molecule has 0 atom stereocenters. The molecule has 3 fully saturated rings. The Balaban J connectivity index is 1.11. The van der Waals surface area contributed by atoms with E-state index in [1.165, 1.54) is 0 Å². The van der Waals surface area contributed by atoms with Crippen LogP contribution in [0.4, 0.5) is 0 Å². The van der Waals surface area contributed by atoms with Gasteiger partial charge in [0.05, 0.1) is 0 Å². The number of hydrogen-bond donors (Lipinski definition) is 0. The van der Waals surface area contributed by atoms with Crippen molar-refractivity contribution in [3.8, 4) is 0 Å². The average molecular weight is 462 g/mol. The molecule has 0 aliphatic carbocycles. The Morgan fingerprint density at radius 3 is 2.31 bits per heavy atom. The predicted molar refractivity (Wildman–Crippen MR) is 120 cm³/mol. The Hall–Kier alpha value is -2.01. The maximum Gasteiger partial charge on any atom is 0.281 e. The zero-order chi connectivity index (χ0) is 22.1. The summed E-state index contributed by atoms with van der Waals surface area (Å²) in [5.41, 5.74) is 1.74. The molecule has 0 bridgehead atoms. The molecule has 3 aliphatic heterocycles. The van der Waals surface area contributed by atoms with Gasteiger partial charge in [-0.2, -0.15) is 17.0 Å². The SMILES string of the molecule is O=C(C1CCN(S(=O)(=O)N2CCCC2)CC1)N1CCN(Cc2noc3ccccc23)CC1. The van der Waals surface area contributed by atoms with E-state index in [-0.39, 0.29) is 11.8 Å². The van der Waals surface area contributed by atoms with Crippen molar-refractivity contribution >= 4 is 27.1 Å². The number of carbonyl (C=O) groups is 1. The molecule has 0 spiro atoms. The lowest BCUT2D eigenvalue weighted by atomic mass is 9.96.